The number of nitrogens with zero attached hydrogens (tertiary/aromatic N) is 1. The maximum atomic E-state index is 12.3. The highest BCUT2D eigenvalue weighted by molar-refractivity contribution is 6.04. The average Bonchev–Trinajstić information content (AvgIpc) is 3.13. The summed E-state index contributed by atoms with van der Waals surface area (Å²) in [5, 5.41) is 0. The van der Waals surface area contributed by atoms with Crippen LogP contribution in [0.2, 0.25) is 0 Å². The van der Waals surface area contributed by atoms with Gasteiger partial charge in [-0.1, -0.05) is 12.1 Å². The van der Waals surface area contributed by atoms with Crippen LogP contribution in [0, 0.1) is 13.8 Å². The maximum Gasteiger partial charge on any atom is 0.419 e. The molecule has 0 amide bonds. The fourth-order valence-electron chi connectivity index (χ4n) is 3.28. The summed E-state index contributed by atoms with van der Waals surface area (Å²) in [6.07, 6.45) is -0.0852. The zero-order chi connectivity index (χ0) is 20.4. The van der Waals surface area contributed by atoms with Gasteiger partial charge in [-0.05, 0) is 38.5 Å². The molecule has 1 aromatic carbocycles. The number of aromatic nitrogens is 2. The largest absolute Gasteiger partial charge is 0.457 e. The number of fused-ring (bicyclic) bond motifs is 1. The van der Waals surface area contributed by atoms with E-state index in [1.54, 1.807) is 38.1 Å². The summed E-state index contributed by atoms with van der Waals surface area (Å²) in [6, 6.07) is 6.90. The Hall–Kier alpha value is -3.42. The number of para-hydroxylation sites is 2. The second kappa shape index (κ2) is 7.67. The molecule has 0 saturated carbocycles. The van der Waals surface area contributed by atoms with Gasteiger partial charge >= 0.3 is 11.7 Å². The first-order valence-electron chi connectivity index (χ1n) is 8.77. The zero-order valence-electron chi connectivity index (χ0n) is 15.8. The van der Waals surface area contributed by atoms with Crippen molar-refractivity contribution in [3.63, 3.8) is 0 Å². The summed E-state index contributed by atoms with van der Waals surface area (Å²) in [7, 11) is 0. The highest BCUT2D eigenvalue weighted by atomic mass is 16.5. The Morgan fingerprint density at radius 3 is 2.57 bits per heavy atom. The third-order valence-electron chi connectivity index (χ3n) is 4.55. The van der Waals surface area contributed by atoms with Crippen molar-refractivity contribution >= 4 is 28.6 Å². The van der Waals surface area contributed by atoms with Crippen molar-refractivity contribution in [3.05, 3.63) is 57.3 Å². The van der Waals surface area contributed by atoms with Gasteiger partial charge in [-0.2, -0.15) is 0 Å². The van der Waals surface area contributed by atoms with Crippen LogP contribution in [0.25, 0.3) is 11.1 Å². The molecule has 0 aliphatic carbocycles. The fourth-order valence-corrected chi connectivity index (χ4v) is 3.28. The Morgan fingerprint density at radius 2 is 1.89 bits per heavy atom. The lowest BCUT2D eigenvalue weighted by molar-refractivity contribution is -0.142. The van der Waals surface area contributed by atoms with Crippen molar-refractivity contribution in [1.29, 1.82) is 0 Å². The number of esters is 1. The summed E-state index contributed by atoms with van der Waals surface area (Å²) < 4.78 is 11.5. The van der Waals surface area contributed by atoms with Crippen LogP contribution in [-0.2, 0) is 16.1 Å². The van der Waals surface area contributed by atoms with Crippen molar-refractivity contribution in [3.8, 4) is 0 Å². The number of aromatic amines is 1. The van der Waals surface area contributed by atoms with E-state index in [1.165, 1.54) is 11.5 Å². The van der Waals surface area contributed by atoms with Gasteiger partial charge in [0.2, 0.25) is 5.78 Å². The molecule has 0 saturated heterocycles. The third-order valence-corrected chi connectivity index (χ3v) is 4.55. The molecular weight excluding hydrogens is 364 g/mol. The molecule has 0 aliphatic heterocycles. The molecule has 1 N–H and O–H groups in total. The standard InChI is InChI=1S/C20H20N2O6/c1-11-18(13(3)23)12(2)21-19(11)15(24)10-27-17(25)8-9-22-14-6-4-5-7-16(14)28-20(22)26/h4-7,21H,8-10H2,1-3H3. The van der Waals surface area contributed by atoms with Crippen LogP contribution >= 0.6 is 0 Å². The summed E-state index contributed by atoms with van der Waals surface area (Å²) in [5.41, 5.74) is 2.90. The van der Waals surface area contributed by atoms with Gasteiger partial charge in [0.1, 0.15) is 0 Å². The number of carbonyl (C=O) groups is 3. The van der Waals surface area contributed by atoms with Crippen LogP contribution in [0.4, 0.5) is 0 Å². The van der Waals surface area contributed by atoms with Gasteiger partial charge in [0.25, 0.3) is 0 Å². The molecule has 0 radical (unpaired) electrons. The molecule has 2 aromatic heterocycles. The number of Topliss-reactive ketones (excluding diaryl/α,β-unsaturated/α-hetero) is 2. The van der Waals surface area contributed by atoms with E-state index in [2.05, 4.69) is 4.98 Å². The summed E-state index contributed by atoms with van der Waals surface area (Å²) in [4.78, 5) is 50.8. The lowest BCUT2D eigenvalue weighted by Gasteiger charge is -2.05. The quantitative estimate of drug-likeness (QED) is 0.495. The molecule has 28 heavy (non-hydrogen) atoms. The van der Waals surface area contributed by atoms with Crippen LogP contribution in [-0.4, -0.2) is 33.7 Å². The van der Waals surface area contributed by atoms with Gasteiger partial charge in [0.05, 0.1) is 17.6 Å². The van der Waals surface area contributed by atoms with Crippen LogP contribution in [0.5, 0.6) is 0 Å². The molecule has 3 rings (SSSR count). The number of carbonyl (C=O) groups excluding carboxylic acids is 3. The van der Waals surface area contributed by atoms with E-state index in [4.69, 9.17) is 9.15 Å². The van der Waals surface area contributed by atoms with Crippen molar-refractivity contribution in [1.82, 2.24) is 9.55 Å². The Morgan fingerprint density at radius 1 is 1.18 bits per heavy atom. The van der Waals surface area contributed by atoms with Gasteiger partial charge < -0.3 is 14.1 Å². The van der Waals surface area contributed by atoms with Crippen LogP contribution in [0.3, 0.4) is 0 Å². The van der Waals surface area contributed by atoms with E-state index >= 15 is 0 Å². The Labute approximate surface area is 160 Å². The fraction of sp³-hybridized carbons (Fsp3) is 0.300. The van der Waals surface area contributed by atoms with Gasteiger partial charge in [-0.3, -0.25) is 19.0 Å². The molecule has 0 fully saturated rings. The van der Waals surface area contributed by atoms with Crippen LogP contribution < -0.4 is 5.76 Å². The van der Waals surface area contributed by atoms with Gasteiger partial charge in [0.15, 0.2) is 18.0 Å². The second-order valence-corrected chi connectivity index (χ2v) is 6.50. The number of rotatable bonds is 7. The molecule has 0 aliphatic rings. The first-order valence-corrected chi connectivity index (χ1v) is 8.77. The molecule has 3 aromatic rings. The van der Waals surface area contributed by atoms with Crippen molar-refractivity contribution < 1.29 is 23.5 Å². The predicted octanol–water partition coefficient (Wildman–Crippen LogP) is 2.56. The highest BCUT2D eigenvalue weighted by Gasteiger charge is 2.21. The third kappa shape index (κ3) is 3.66. The molecule has 0 bridgehead atoms. The van der Waals surface area contributed by atoms with Crippen molar-refractivity contribution in [2.75, 3.05) is 6.61 Å². The number of nitrogens with one attached hydrogen (secondary N) is 1. The minimum absolute atomic E-state index is 0.0813. The number of ether oxygens (including phenoxy) is 1. The lowest BCUT2D eigenvalue weighted by atomic mass is 10.1. The van der Waals surface area contributed by atoms with E-state index in [0.717, 1.165) is 0 Å². The average molecular weight is 384 g/mol. The lowest BCUT2D eigenvalue weighted by Crippen LogP contribution is -2.20. The Kier molecular flexibility index (Phi) is 5.30. The molecule has 0 spiro atoms. The topological polar surface area (TPSA) is 111 Å². The van der Waals surface area contributed by atoms with Gasteiger partial charge in [0, 0.05) is 17.8 Å². The molecule has 0 unspecified atom stereocenters. The van der Waals surface area contributed by atoms with Gasteiger partial charge in [-0.25, -0.2) is 4.79 Å². The van der Waals surface area contributed by atoms with Crippen molar-refractivity contribution in [2.24, 2.45) is 0 Å². The van der Waals surface area contributed by atoms with E-state index in [9.17, 15) is 19.2 Å². The SMILES string of the molecule is CC(=O)c1c(C)[nH]c(C(=O)COC(=O)CCn2c(=O)oc3ccccc32)c1C. The summed E-state index contributed by atoms with van der Waals surface area (Å²) in [5.74, 6) is -1.73. The molecule has 2 heterocycles. The maximum absolute atomic E-state index is 12.3. The van der Waals surface area contributed by atoms with Crippen molar-refractivity contribution in [2.45, 2.75) is 33.7 Å². The Bertz CT molecular complexity index is 1130. The molecular formula is C20H20N2O6. The minimum Gasteiger partial charge on any atom is -0.457 e. The first-order chi connectivity index (χ1) is 13.3. The van der Waals surface area contributed by atoms with E-state index in [1.807, 2.05) is 0 Å². The first kappa shape index (κ1) is 19.3. The molecule has 0 atom stereocenters. The van der Waals surface area contributed by atoms with Crippen LogP contribution in [0.15, 0.2) is 33.5 Å². The number of H-pyrrole nitrogens is 1. The Balaban J connectivity index is 1.61. The number of aryl methyl sites for hydroxylation is 2. The van der Waals surface area contributed by atoms with Gasteiger partial charge in [-0.15, -0.1) is 0 Å². The number of benzene rings is 1. The summed E-state index contributed by atoms with van der Waals surface area (Å²) >= 11 is 0. The molecule has 146 valence electrons. The van der Waals surface area contributed by atoms with E-state index in [-0.39, 0.29) is 24.4 Å². The monoisotopic (exact) mass is 384 g/mol. The number of hydrogen-bond acceptors (Lipinski definition) is 6. The second-order valence-electron chi connectivity index (χ2n) is 6.50. The number of hydrogen-bond donors (Lipinski definition) is 1. The summed E-state index contributed by atoms with van der Waals surface area (Å²) in [6.45, 7) is 4.44. The van der Waals surface area contributed by atoms with E-state index < -0.39 is 24.1 Å². The normalized spacial score (nSPS) is 11.0. The minimum atomic E-state index is -0.613. The molecule has 8 heteroatoms. The highest BCUT2D eigenvalue weighted by Crippen LogP contribution is 2.19. The zero-order valence-corrected chi connectivity index (χ0v) is 15.8. The molecule has 8 nitrogen and oxygen atoms in total. The predicted molar refractivity (Wildman–Crippen MR) is 101 cm³/mol. The van der Waals surface area contributed by atoms with E-state index in [0.29, 0.717) is 27.9 Å². The number of ketones is 2. The number of oxazole rings is 1. The van der Waals surface area contributed by atoms with Crippen LogP contribution in [0.1, 0.15) is 45.4 Å². The smallest absolute Gasteiger partial charge is 0.419 e.